The Labute approximate surface area is 124 Å². The number of nitrogens with zero attached hydrogens (tertiary/aromatic N) is 1. The minimum atomic E-state index is -0.829. The Hall–Kier alpha value is -1.85. The normalized spacial score (nSPS) is 16.8. The van der Waals surface area contributed by atoms with Gasteiger partial charge in [-0.2, -0.15) is 5.10 Å². The van der Waals surface area contributed by atoms with Crippen LogP contribution < -0.4 is 5.32 Å². The van der Waals surface area contributed by atoms with Crippen LogP contribution in [0.2, 0.25) is 0 Å². The van der Waals surface area contributed by atoms with Crippen molar-refractivity contribution in [1.29, 1.82) is 0 Å². The lowest BCUT2D eigenvalue weighted by Gasteiger charge is -2.22. The van der Waals surface area contributed by atoms with E-state index in [1.54, 1.807) is 6.20 Å². The summed E-state index contributed by atoms with van der Waals surface area (Å²) < 4.78 is 0. The Balaban J connectivity index is 1.72. The average Bonchev–Trinajstić information content (AvgIpc) is 3.05. The number of nitrogens with one attached hydrogen (secondary N) is 2. The molecule has 116 valence electrons. The molecule has 1 aliphatic rings. The molecular formula is C15H23N3O3. The number of carbonyl (C=O) groups excluding carboxylic acids is 1. The van der Waals surface area contributed by atoms with Crippen LogP contribution in [-0.4, -0.2) is 33.7 Å². The SMILES string of the molecule is Cc1[nH]ncc1CCCNC(=O)CC1(C(=O)O)CCCC1. The molecule has 1 saturated carbocycles. The fourth-order valence-electron chi connectivity index (χ4n) is 3.02. The third-order valence-corrected chi connectivity index (χ3v) is 4.39. The predicted octanol–water partition coefficient (Wildman–Crippen LogP) is 1.80. The van der Waals surface area contributed by atoms with E-state index >= 15 is 0 Å². The molecule has 1 heterocycles. The number of carbonyl (C=O) groups is 2. The molecule has 0 radical (unpaired) electrons. The highest BCUT2D eigenvalue weighted by atomic mass is 16.4. The summed E-state index contributed by atoms with van der Waals surface area (Å²) in [4.78, 5) is 23.3. The summed E-state index contributed by atoms with van der Waals surface area (Å²) in [6, 6.07) is 0. The molecule has 0 aromatic carbocycles. The third-order valence-electron chi connectivity index (χ3n) is 4.39. The molecule has 2 rings (SSSR count). The van der Waals surface area contributed by atoms with Gasteiger partial charge < -0.3 is 10.4 Å². The van der Waals surface area contributed by atoms with Crippen molar-refractivity contribution in [3.63, 3.8) is 0 Å². The molecule has 0 atom stereocenters. The number of H-pyrrole nitrogens is 1. The monoisotopic (exact) mass is 293 g/mol. The molecule has 0 spiro atoms. The van der Waals surface area contributed by atoms with Crippen molar-refractivity contribution >= 4 is 11.9 Å². The van der Waals surface area contributed by atoms with Crippen LogP contribution in [0.1, 0.15) is 49.8 Å². The van der Waals surface area contributed by atoms with Gasteiger partial charge in [-0.05, 0) is 38.2 Å². The molecule has 1 aliphatic carbocycles. The summed E-state index contributed by atoms with van der Waals surface area (Å²) in [7, 11) is 0. The first-order chi connectivity index (χ1) is 10.0. The van der Waals surface area contributed by atoms with Gasteiger partial charge in [0.25, 0.3) is 0 Å². The quantitative estimate of drug-likeness (QED) is 0.668. The summed E-state index contributed by atoms with van der Waals surface area (Å²) in [5.41, 5.74) is 1.38. The number of aryl methyl sites for hydroxylation is 2. The van der Waals surface area contributed by atoms with Crippen molar-refractivity contribution in [3.05, 3.63) is 17.5 Å². The number of hydrogen-bond acceptors (Lipinski definition) is 3. The molecular weight excluding hydrogens is 270 g/mol. The molecule has 1 aromatic heterocycles. The summed E-state index contributed by atoms with van der Waals surface area (Å²) in [6.45, 7) is 2.54. The topological polar surface area (TPSA) is 95.1 Å². The van der Waals surface area contributed by atoms with E-state index in [9.17, 15) is 14.7 Å². The molecule has 0 unspecified atom stereocenters. The van der Waals surface area contributed by atoms with Gasteiger partial charge in [0.1, 0.15) is 0 Å². The summed E-state index contributed by atoms with van der Waals surface area (Å²) in [5.74, 6) is -0.979. The zero-order chi connectivity index (χ0) is 15.3. The van der Waals surface area contributed by atoms with Crippen LogP contribution in [0, 0.1) is 12.3 Å². The van der Waals surface area contributed by atoms with Gasteiger partial charge in [-0.1, -0.05) is 12.8 Å². The Morgan fingerprint density at radius 1 is 1.43 bits per heavy atom. The zero-order valence-corrected chi connectivity index (χ0v) is 12.4. The molecule has 21 heavy (non-hydrogen) atoms. The van der Waals surface area contributed by atoms with E-state index in [2.05, 4.69) is 15.5 Å². The van der Waals surface area contributed by atoms with Crippen LogP contribution in [-0.2, 0) is 16.0 Å². The first kappa shape index (κ1) is 15.5. The number of aliphatic carboxylic acids is 1. The Kier molecular flexibility index (Phi) is 4.98. The van der Waals surface area contributed by atoms with Crippen LogP contribution in [0.25, 0.3) is 0 Å². The van der Waals surface area contributed by atoms with E-state index in [-0.39, 0.29) is 12.3 Å². The van der Waals surface area contributed by atoms with Gasteiger partial charge in [0.2, 0.25) is 5.91 Å². The van der Waals surface area contributed by atoms with Gasteiger partial charge in [0.05, 0.1) is 11.6 Å². The van der Waals surface area contributed by atoms with Crippen molar-refractivity contribution < 1.29 is 14.7 Å². The smallest absolute Gasteiger partial charge is 0.310 e. The van der Waals surface area contributed by atoms with Gasteiger partial charge in [-0.15, -0.1) is 0 Å². The van der Waals surface area contributed by atoms with Gasteiger partial charge in [-0.3, -0.25) is 14.7 Å². The lowest BCUT2D eigenvalue weighted by molar-refractivity contribution is -0.151. The highest BCUT2D eigenvalue weighted by molar-refractivity contribution is 5.85. The maximum Gasteiger partial charge on any atom is 0.310 e. The van der Waals surface area contributed by atoms with Gasteiger partial charge in [0.15, 0.2) is 0 Å². The standard InChI is InChI=1S/C15H23N3O3/c1-11-12(10-17-18-11)5-4-8-16-13(19)9-15(14(20)21)6-2-3-7-15/h10H,2-9H2,1H3,(H,16,19)(H,17,18)(H,20,21). The van der Waals surface area contributed by atoms with E-state index in [0.29, 0.717) is 19.4 Å². The highest BCUT2D eigenvalue weighted by Crippen LogP contribution is 2.41. The van der Waals surface area contributed by atoms with Crippen LogP contribution in [0.5, 0.6) is 0 Å². The summed E-state index contributed by atoms with van der Waals surface area (Å²) in [6.07, 6.45) is 6.62. The summed E-state index contributed by atoms with van der Waals surface area (Å²) in [5, 5.41) is 19.0. The van der Waals surface area contributed by atoms with Crippen LogP contribution in [0.15, 0.2) is 6.20 Å². The number of rotatable bonds is 7. The minimum absolute atomic E-state index is 0.104. The van der Waals surface area contributed by atoms with Crippen LogP contribution >= 0.6 is 0 Å². The molecule has 6 heteroatoms. The van der Waals surface area contributed by atoms with Crippen molar-refractivity contribution in [3.8, 4) is 0 Å². The Morgan fingerprint density at radius 3 is 2.71 bits per heavy atom. The number of carboxylic acid groups (broad SMARTS) is 1. The zero-order valence-electron chi connectivity index (χ0n) is 12.4. The van der Waals surface area contributed by atoms with Gasteiger partial charge >= 0.3 is 5.97 Å². The van der Waals surface area contributed by atoms with E-state index in [0.717, 1.165) is 36.9 Å². The minimum Gasteiger partial charge on any atom is -0.481 e. The molecule has 0 aliphatic heterocycles. The Morgan fingerprint density at radius 2 is 2.14 bits per heavy atom. The van der Waals surface area contributed by atoms with Crippen LogP contribution in [0.3, 0.4) is 0 Å². The van der Waals surface area contributed by atoms with E-state index in [1.807, 2.05) is 6.92 Å². The second-order valence-corrected chi connectivity index (χ2v) is 5.94. The number of aromatic amines is 1. The van der Waals surface area contributed by atoms with E-state index in [4.69, 9.17) is 0 Å². The molecule has 1 aromatic rings. The lowest BCUT2D eigenvalue weighted by Crippen LogP contribution is -2.36. The fourth-order valence-corrected chi connectivity index (χ4v) is 3.02. The summed E-state index contributed by atoms with van der Waals surface area (Å²) >= 11 is 0. The Bertz CT molecular complexity index is 504. The number of amides is 1. The third kappa shape index (κ3) is 3.83. The molecule has 0 bridgehead atoms. The van der Waals surface area contributed by atoms with Crippen molar-refractivity contribution in [2.45, 2.75) is 51.9 Å². The highest BCUT2D eigenvalue weighted by Gasteiger charge is 2.42. The first-order valence-electron chi connectivity index (χ1n) is 7.52. The molecule has 6 nitrogen and oxygen atoms in total. The lowest BCUT2D eigenvalue weighted by atomic mass is 9.82. The second-order valence-electron chi connectivity index (χ2n) is 5.94. The van der Waals surface area contributed by atoms with E-state index < -0.39 is 11.4 Å². The predicted molar refractivity (Wildman–Crippen MR) is 77.8 cm³/mol. The first-order valence-corrected chi connectivity index (χ1v) is 7.52. The maximum atomic E-state index is 11.9. The molecule has 0 saturated heterocycles. The average molecular weight is 293 g/mol. The number of carboxylic acids is 1. The van der Waals surface area contributed by atoms with Crippen molar-refractivity contribution in [2.75, 3.05) is 6.54 Å². The van der Waals surface area contributed by atoms with E-state index in [1.165, 1.54) is 0 Å². The second kappa shape index (κ2) is 6.74. The van der Waals surface area contributed by atoms with Crippen LogP contribution in [0.4, 0.5) is 0 Å². The molecule has 1 fully saturated rings. The van der Waals surface area contributed by atoms with Crippen molar-refractivity contribution in [1.82, 2.24) is 15.5 Å². The van der Waals surface area contributed by atoms with Gasteiger partial charge in [0, 0.05) is 18.7 Å². The maximum absolute atomic E-state index is 11.9. The molecule has 3 N–H and O–H groups in total. The van der Waals surface area contributed by atoms with Crippen molar-refractivity contribution in [2.24, 2.45) is 5.41 Å². The van der Waals surface area contributed by atoms with Gasteiger partial charge in [-0.25, -0.2) is 0 Å². The number of hydrogen-bond donors (Lipinski definition) is 3. The fraction of sp³-hybridized carbons (Fsp3) is 0.667. The number of aromatic nitrogens is 2. The molecule has 1 amide bonds. The largest absolute Gasteiger partial charge is 0.481 e.